The van der Waals surface area contributed by atoms with Crippen molar-refractivity contribution in [1.82, 2.24) is 19.6 Å². The van der Waals surface area contributed by atoms with E-state index >= 15 is 0 Å². The molecule has 0 saturated carbocycles. The highest BCUT2D eigenvalue weighted by molar-refractivity contribution is 6.33. The van der Waals surface area contributed by atoms with Gasteiger partial charge in [-0.25, -0.2) is 14.5 Å². The smallest absolute Gasteiger partial charge is 0.228 e. The maximum atomic E-state index is 6.48. The van der Waals surface area contributed by atoms with Crippen molar-refractivity contribution in [2.45, 2.75) is 12.5 Å². The number of oxime groups is 1. The molecule has 7 rings (SSSR count). The summed E-state index contributed by atoms with van der Waals surface area (Å²) in [5.74, 6) is 2.34. The maximum Gasteiger partial charge on any atom is 0.228 e. The Balaban J connectivity index is 1.30. The van der Waals surface area contributed by atoms with Gasteiger partial charge in [-0.3, -0.25) is 0 Å². The van der Waals surface area contributed by atoms with Crippen LogP contribution in [0.15, 0.2) is 96.4 Å². The average molecular weight is 548 g/mol. The van der Waals surface area contributed by atoms with Crippen LogP contribution in [0, 0.1) is 0 Å². The predicted octanol–water partition coefficient (Wildman–Crippen LogP) is 6.78. The van der Waals surface area contributed by atoms with E-state index < -0.39 is 0 Å². The molecule has 0 aliphatic carbocycles. The first kappa shape index (κ1) is 24.1. The number of ether oxygens (including phenoxy) is 2. The summed E-state index contributed by atoms with van der Waals surface area (Å²) in [5, 5.41) is 11.3. The summed E-state index contributed by atoms with van der Waals surface area (Å²) >= 11 is 6.19. The van der Waals surface area contributed by atoms with Crippen LogP contribution in [0.1, 0.15) is 34.0 Å². The molecule has 0 saturated heterocycles. The molecule has 9 heteroatoms. The van der Waals surface area contributed by atoms with Crippen LogP contribution in [0.4, 0.5) is 0 Å². The Morgan fingerprint density at radius 2 is 1.82 bits per heavy atom. The lowest BCUT2D eigenvalue weighted by Gasteiger charge is -2.28. The zero-order chi connectivity index (χ0) is 27.1. The standard InChI is InChI=1S/C31H22ClN5O3/c1-38-22-13-10-20(11-14-22)27-24-15-12-19-6-2-4-8-23(19)29(24)40-31-28(27)30-35-26(36-37(30)18-33-31)17-39-34-16-21-7-3-5-9-25(21)32/h2-16,18,27H,17H2,1H3. The van der Waals surface area contributed by atoms with E-state index in [9.17, 15) is 0 Å². The predicted molar refractivity (Wildman–Crippen MR) is 153 cm³/mol. The van der Waals surface area contributed by atoms with E-state index in [1.54, 1.807) is 30.2 Å². The summed E-state index contributed by atoms with van der Waals surface area (Å²) < 4.78 is 13.5. The van der Waals surface area contributed by atoms with Crippen LogP contribution >= 0.6 is 11.6 Å². The first-order valence-electron chi connectivity index (χ1n) is 12.7. The SMILES string of the molecule is COc1ccc(C2c3ccc4ccccc4c3Oc3ncn4nc(CON=Cc5ccccc5Cl)nc4c32)cc1. The molecule has 1 aliphatic heterocycles. The Labute approximate surface area is 234 Å². The molecule has 0 radical (unpaired) electrons. The number of halogens is 1. The largest absolute Gasteiger partial charge is 0.497 e. The lowest BCUT2D eigenvalue weighted by molar-refractivity contribution is 0.126. The minimum absolute atomic E-state index is 0.0761. The monoisotopic (exact) mass is 547 g/mol. The van der Waals surface area contributed by atoms with Crippen molar-refractivity contribution in [2.24, 2.45) is 5.16 Å². The molecule has 6 aromatic rings. The van der Waals surface area contributed by atoms with Gasteiger partial charge in [-0.15, -0.1) is 5.10 Å². The fraction of sp³-hybridized carbons (Fsp3) is 0.0968. The summed E-state index contributed by atoms with van der Waals surface area (Å²) in [7, 11) is 1.66. The molecule has 0 spiro atoms. The van der Waals surface area contributed by atoms with Gasteiger partial charge in [0.05, 0.1) is 18.9 Å². The molecule has 4 aromatic carbocycles. The number of hydrogen-bond donors (Lipinski definition) is 0. The number of fused-ring (bicyclic) bond motifs is 6. The van der Waals surface area contributed by atoms with Gasteiger partial charge in [0.25, 0.3) is 0 Å². The second-order valence-electron chi connectivity index (χ2n) is 9.30. The van der Waals surface area contributed by atoms with Crippen LogP contribution < -0.4 is 9.47 Å². The molecular formula is C31H22ClN5O3. The number of hydrogen-bond acceptors (Lipinski definition) is 7. The average Bonchev–Trinajstić information content (AvgIpc) is 3.42. The second-order valence-corrected chi connectivity index (χ2v) is 9.71. The fourth-order valence-corrected chi connectivity index (χ4v) is 5.25. The first-order valence-corrected chi connectivity index (χ1v) is 13.0. The van der Waals surface area contributed by atoms with Crippen molar-refractivity contribution in [3.63, 3.8) is 0 Å². The van der Waals surface area contributed by atoms with E-state index in [4.69, 9.17) is 30.9 Å². The molecule has 196 valence electrons. The van der Waals surface area contributed by atoms with Crippen molar-refractivity contribution in [1.29, 1.82) is 0 Å². The van der Waals surface area contributed by atoms with Crippen molar-refractivity contribution in [3.8, 4) is 17.4 Å². The summed E-state index contributed by atoms with van der Waals surface area (Å²) in [6.07, 6.45) is 3.18. The van der Waals surface area contributed by atoms with E-state index in [1.807, 2.05) is 42.5 Å². The van der Waals surface area contributed by atoms with Crippen LogP contribution in [0.2, 0.25) is 5.02 Å². The fourth-order valence-electron chi connectivity index (χ4n) is 5.06. The zero-order valence-corrected chi connectivity index (χ0v) is 22.1. The molecule has 8 nitrogen and oxygen atoms in total. The lowest BCUT2D eigenvalue weighted by Crippen LogP contribution is -2.15. The third-order valence-electron chi connectivity index (χ3n) is 6.95. The molecule has 3 heterocycles. The third kappa shape index (κ3) is 4.19. The lowest BCUT2D eigenvalue weighted by atomic mass is 9.83. The van der Waals surface area contributed by atoms with E-state index in [1.165, 1.54) is 0 Å². The molecule has 1 unspecified atom stereocenters. The topological polar surface area (TPSA) is 83.1 Å². The van der Waals surface area contributed by atoms with Gasteiger partial charge < -0.3 is 14.3 Å². The molecule has 40 heavy (non-hydrogen) atoms. The number of nitrogens with zero attached hydrogens (tertiary/aromatic N) is 5. The summed E-state index contributed by atoms with van der Waals surface area (Å²) in [6, 6.07) is 27.8. The summed E-state index contributed by atoms with van der Waals surface area (Å²) in [5.41, 5.74) is 4.31. The van der Waals surface area contributed by atoms with Crippen molar-refractivity contribution in [3.05, 3.63) is 124 Å². The van der Waals surface area contributed by atoms with Gasteiger partial charge in [0.15, 0.2) is 18.1 Å². The van der Waals surface area contributed by atoms with Crippen LogP contribution in [0.25, 0.3) is 16.4 Å². The van der Waals surface area contributed by atoms with E-state index in [2.05, 4.69) is 51.6 Å². The molecule has 1 atom stereocenters. The van der Waals surface area contributed by atoms with Crippen molar-refractivity contribution >= 4 is 34.2 Å². The number of aromatic nitrogens is 4. The third-order valence-corrected chi connectivity index (χ3v) is 7.30. The molecule has 1 aliphatic rings. The van der Waals surface area contributed by atoms with E-state index in [0.29, 0.717) is 22.4 Å². The van der Waals surface area contributed by atoms with Gasteiger partial charge in [0.1, 0.15) is 17.8 Å². The van der Waals surface area contributed by atoms with Gasteiger partial charge in [0.2, 0.25) is 5.88 Å². The highest BCUT2D eigenvalue weighted by Gasteiger charge is 2.34. The summed E-state index contributed by atoms with van der Waals surface area (Å²) in [4.78, 5) is 15.0. The number of benzene rings is 4. The number of rotatable bonds is 6. The normalized spacial score (nSPS) is 14.2. The highest BCUT2D eigenvalue weighted by Crippen LogP contribution is 2.50. The second kappa shape index (κ2) is 9.98. The van der Waals surface area contributed by atoms with Crippen molar-refractivity contribution in [2.75, 3.05) is 7.11 Å². The van der Waals surface area contributed by atoms with Gasteiger partial charge in [0, 0.05) is 27.5 Å². The Morgan fingerprint density at radius 1 is 1.00 bits per heavy atom. The van der Waals surface area contributed by atoms with Crippen LogP contribution in [-0.4, -0.2) is 32.9 Å². The maximum absolute atomic E-state index is 6.48. The molecule has 0 amide bonds. The quantitative estimate of drug-likeness (QED) is 0.169. The van der Waals surface area contributed by atoms with Crippen LogP contribution in [0.5, 0.6) is 17.4 Å². The Kier molecular flexibility index (Phi) is 6.02. The van der Waals surface area contributed by atoms with E-state index in [0.717, 1.165) is 44.5 Å². The van der Waals surface area contributed by atoms with Gasteiger partial charge >= 0.3 is 0 Å². The first-order chi connectivity index (χ1) is 19.7. The molecular weight excluding hydrogens is 526 g/mol. The van der Waals surface area contributed by atoms with Gasteiger partial charge in [-0.1, -0.05) is 83.5 Å². The highest BCUT2D eigenvalue weighted by atomic mass is 35.5. The van der Waals surface area contributed by atoms with Gasteiger partial charge in [-0.05, 0) is 29.1 Å². The Bertz CT molecular complexity index is 1900. The minimum Gasteiger partial charge on any atom is -0.497 e. The van der Waals surface area contributed by atoms with Crippen molar-refractivity contribution < 1.29 is 14.3 Å². The van der Waals surface area contributed by atoms with Gasteiger partial charge in [-0.2, -0.15) is 0 Å². The zero-order valence-electron chi connectivity index (χ0n) is 21.4. The van der Waals surface area contributed by atoms with Crippen LogP contribution in [0.3, 0.4) is 0 Å². The molecule has 2 aromatic heterocycles. The Hall–Kier alpha value is -4.95. The molecule has 0 bridgehead atoms. The molecule has 0 fully saturated rings. The summed E-state index contributed by atoms with van der Waals surface area (Å²) in [6.45, 7) is 0.0761. The van der Waals surface area contributed by atoms with Crippen LogP contribution in [-0.2, 0) is 11.4 Å². The van der Waals surface area contributed by atoms with E-state index in [-0.39, 0.29) is 12.5 Å². The number of methoxy groups -OCH3 is 1. The Morgan fingerprint density at radius 3 is 2.67 bits per heavy atom. The minimum atomic E-state index is -0.193. The molecule has 0 N–H and O–H groups in total.